The lowest BCUT2D eigenvalue weighted by molar-refractivity contribution is -0.384. The molecule has 3 rings (SSSR count). The number of aliphatic hydroxyl groups is 5. The van der Waals surface area contributed by atoms with Crippen LogP contribution in [0, 0.1) is 10.1 Å². The van der Waals surface area contributed by atoms with Gasteiger partial charge in [-0.05, 0) is 19.1 Å². The number of aliphatic hydroxyl groups excluding tert-OH is 5. The molecule has 0 aromatic heterocycles. The zero-order valence-corrected chi connectivity index (χ0v) is 18.3. The summed E-state index contributed by atoms with van der Waals surface area (Å²) >= 11 is 0. The van der Waals surface area contributed by atoms with Crippen molar-refractivity contribution >= 4 is 11.6 Å². The Morgan fingerprint density at radius 1 is 1.06 bits per heavy atom. The predicted octanol–water partition coefficient (Wildman–Crippen LogP) is -2.23. The summed E-state index contributed by atoms with van der Waals surface area (Å²) in [6.45, 7) is 1.97. The van der Waals surface area contributed by atoms with Gasteiger partial charge in [0.25, 0.3) is 5.69 Å². The van der Waals surface area contributed by atoms with Crippen LogP contribution < -0.4 is 10.1 Å². The maximum Gasteiger partial charge on any atom is 0.269 e. The van der Waals surface area contributed by atoms with Gasteiger partial charge < -0.3 is 49.8 Å². The van der Waals surface area contributed by atoms with E-state index in [9.17, 15) is 40.4 Å². The highest BCUT2D eigenvalue weighted by molar-refractivity contribution is 5.73. The van der Waals surface area contributed by atoms with Crippen molar-refractivity contribution in [1.29, 1.82) is 0 Å². The van der Waals surface area contributed by atoms with E-state index < -0.39 is 78.8 Å². The number of carbonyl (C=O) groups excluding carboxylic acids is 1. The molecular formula is C20H28N2O12. The van der Waals surface area contributed by atoms with Gasteiger partial charge in [0.1, 0.15) is 48.4 Å². The Balaban J connectivity index is 1.80. The van der Waals surface area contributed by atoms with Crippen LogP contribution in [0.2, 0.25) is 0 Å². The van der Waals surface area contributed by atoms with E-state index in [-0.39, 0.29) is 11.4 Å². The lowest BCUT2D eigenvalue weighted by Crippen LogP contribution is -2.67. The normalized spacial score (nSPS) is 38.2. The van der Waals surface area contributed by atoms with Gasteiger partial charge in [-0.25, -0.2) is 0 Å². The smallest absolute Gasteiger partial charge is 0.269 e. The fourth-order valence-electron chi connectivity index (χ4n) is 3.79. The van der Waals surface area contributed by atoms with Crippen molar-refractivity contribution in [3.05, 3.63) is 34.4 Å². The van der Waals surface area contributed by atoms with Gasteiger partial charge in [0.05, 0.1) is 17.6 Å². The standard InChI is InChI=1S/C20H28N2O12/c1-8-14(25)16(27)17(28)20(31-8)34-18-12(7-23)33-19(13(15(18)26)21-9(2)24)32-11-5-3-10(4-6-11)22(29)30/h3-6,8,12-20,23,25-28H,7H2,1-2H3,(H,21,24)/t8-,12-,13-,14-,15-,16-,17-,18+,19+,20-/m0/s1. The van der Waals surface area contributed by atoms with Gasteiger partial charge in [0, 0.05) is 19.1 Å². The highest BCUT2D eigenvalue weighted by Crippen LogP contribution is 2.30. The molecule has 0 saturated carbocycles. The molecule has 2 heterocycles. The molecule has 1 aromatic rings. The van der Waals surface area contributed by atoms with Crippen LogP contribution in [0.5, 0.6) is 5.75 Å². The third-order valence-corrected chi connectivity index (χ3v) is 5.62. The van der Waals surface area contributed by atoms with Crippen LogP contribution in [0.4, 0.5) is 5.69 Å². The van der Waals surface area contributed by atoms with E-state index >= 15 is 0 Å². The van der Waals surface area contributed by atoms with Gasteiger partial charge in [-0.1, -0.05) is 0 Å². The van der Waals surface area contributed by atoms with E-state index in [1.807, 2.05) is 0 Å². The molecule has 10 atom stereocenters. The minimum absolute atomic E-state index is 0.131. The topological polar surface area (TPSA) is 210 Å². The molecule has 0 bridgehead atoms. The molecule has 2 aliphatic rings. The average molecular weight is 488 g/mol. The first-order chi connectivity index (χ1) is 16.0. The summed E-state index contributed by atoms with van der Waals surface area (Å²) in [5.41, 5.74) is -0.176. The minimum Gasteiger partial charge on any atom is -0.463 e. The first-order valence-corrected chi connectivity index (χ1v) is 10.5. The molecule has 2 saturated heterocycles. The Hall–Kier alpha value is -2.43. The SMILES string of the molecule is CC(=O)N[C@@H]1[C@H](Oc2ccc([N+](=O)[O-])cc2)O[C@@H](CO)[C@@H](O[C@@H]2O[C@@H](C)[C@H](O)[C@H](O)[C@@H]2O)[C@H]1O. The Kier molecular flexibility index (Phi) is 8.38. The molecule has 6 N–H and O–H groups in total. The molecule has 0 unspecified atom stereocenters. The number of nitrogens with zero attached hydrogens (tertiary/aromatic N) is 1. The summed E-state index contributed by atoms with van der Waals surface area (Å²) in [5.74, 6) is -0.418. The fraction of sp³-hybridized carbons (Fsp3) is 0.650. The van der Waals surface area contributed by atoms with Gasteiger partial charge in [-0.15, -0.1) is 0 Å². The second kappa shape index (κ2) is 10.9. The maximum absolute atomic E-state index is 11.8. The van der Waals surface area contributed by atoms with Crippen LogP contribution in [0.15, 0.2) is 24.3 Å². The molecule has 190 valence electrons. The van der Waals surface area contributed by atoms with Crippen LogP contribution in [0.25, 0.3) is 0 Å². The molecule has 2 aliphatic heterocycles. The molecule has 0 spiro atoms. The molecule has 14 heteroatoms. The summed E-state index contributed by atoms with van der Waals surface area (Å²) in [6, 6.07) is 3.76. The van der Waals surface area contributed by atoms with Gasteiger partial charge in [-0.3, -0.25) is 14.9 Å². The predicted molar refractivity (Wildman–Crippen MR) is 110 cm³/mol. The van der Waals surface area contributed by atoms with E-state index in [1.54, 1.807) is 0 Å². The number of rotatable bonds is 7. The molecule has 2 fully saturated rings. The van der Waals surface area contributed by atoms with Crippen molar-refractivity contribution in [3.63, 3.8) is 0 Å². The van der Waals surface area contributed by atoms with Gasteiger partial charge >= 0.3 is 0 Å². The second-order valence-electron chi connectivity index (χ2n) is 8.09. The van der Waals surface area contributed by atoms with Crippen LogP contribution >= 0.6 is 0 Å². The number of carbonyl (C=O) groups is 1. The van der Waals surface area contributed by atoms with Crippen molar-refractivity contribution in [3.8, 4) is 5.75 Å². The van der Waals surface area contributed by atoms with Gasteiger partial charge in [-0.2, -0.15) is 0 Å². The molecule has 0 aliphatic carbocycles. The van der Waals surface area contributed by atoms with E-state index in [0.717, 1.165) is 0 Å². The lowest BCUT2D eigenvalue weighted by Gasteiger charge is -2.46. The average Bonchev–Trinajstić information content (AvgIpc) is 2.79. The largest absolute Gasteiger partial charge is 0.463 e. The van der Waals surface area contributed by atoms with Crippen molar-refractivity contribution in [2.24, 2.45) is 0 Å². The van der Waals surface area contributed by atoms with E-state index in [4.69, 9.17) is 18.9 Å². The summed E-state index contributed by atoms with van der Waals surface area (Å²) in [6.07, 6.45) is -12.5. The van der Waals surface area contributed by atoms with Crippen LogP contribution in [0.3, 0.4) is 0 Å². The number of amides is 1. The summed E-state index contributed by atoms with van der Waals surface area (Å²) in [4.78, 5) is 22.0. The second-order valence-corrected chi connectivity index (χ2v) is 8.09. The van der Waals surface area contributed by atoms with Crippen molar-refractivity contribution < 1.29 is 54.2 Å². The number of benzene rings is 1. The van der Waals surface area contributed by atoms with E-state index in [0.29, 0.717) is 0 Å². The Morgan fingerprint density at radius 2 is 1.71 bits per heavy atom. The summed E-state index contributed by atoms with van der Waals surface area (Å²) in [7, 11) is 0. The summed E-state index contributed by atoms with van der Waals surface area (Å²) < 4.78 is 22.4. The number of non-ortho nitro benzene ring substituents is 1. The molecule has 34 heavy (non-hydrogen) atoms. The van der Waals surface area contributed by atoms with E-state index in [2.05, 4.69) is 5.32 Å². The lowest BCUT2D eigenvalue weighted by atomic mass is 9.95. The van der Waals surface area contributed by atoms with Crippen molar-refractivity contribution in [2.45, 2.75) is 75.2 Å². The number of nitro groups is 1. The zero-order valence-electron chi connectivity index (χ0n) is 18.3. The third-order valence-electron chi connectivity index (χ3n) is 5.62. The molecule has 0 radical (unpaired) electrons. The third kappa shape index (κ3) is 5.61. The number of hydrogen-bond donors (Lipinski definition) is 6. The highest BCUT2D eigenvalue weighted by Gasteiger charge is 2.51. The first kappa shape index (κ1) is 26.2. The molecule has 1 aromatic carbocycles. The van der Waals surface area contributed by atoms with Crippen LogP contribution in [-0.2, 0) is 19.0 Å². The van der Waals surface area contributed by atoms with Crippen molar-refractivity contribution in [1.82, 2.24) is 5.32 Å². The number of nitro benzene ring substituents is 1. The number of nitrogens with one attached hydrogen (secondary N) is 1. The fourth-order valence-corrected chi connectivity index (χ4v) is 3.79. The monoisotopic (exact) mass is 488 g/mol. The molecule has 14 nitrogen and oxygen atoms in total. The molecular weight excluding hydrogens is 460 g/mol. The summed E-state index contributed by atoms with van der Waals surface area (Å²) in [5, 5.41) is 64.3. The van der Waals surface area contributed by atoms with Crippen LogP contribution in [0.1, 0.15) is 13.8 Å². The maximum atomic E-state index is 11.8. The quantitative estimate of drug-likeness (QED) is 0.178. The van der Waals surface area contributed by atoms with Gasteiger partial charge in [0.15, 0.2) is 6.29 Å². The van der Waals surface area contributed by atoms with E-state index in [1.165, 1.54) is 38.1 Å². The Bertz CT molecular complexity index is 854. The number of hydrogen-bond acceptors (Lipinski definition) is 12. The Morgan fingerprint density at radius 3 is 2.26 bits per heavy atom. The zero-order chi connectivity index (χ0) is 25.2. The number of ether oxygens (including phenoxy) is 4. The highest BCUT2D eigenvalue weighted by atomic mass is 16.7. The first-order valence-electron chi connectivity index (χ1n) is 10.5. The van der Waals surface area contributed by atoms with Crippen molar-refractivity contribution in [2.75, 3.05) is 6.61 Å². The van der Waals surface area contributed by atoms with Crippen LogP contribution in [-0.4, -0.2) is 104 Å². The minimum atomic E-state index is -1.67. The van der Waals surface area contributed by atoms with Gasteiger partial charge in [0.2, 0.25) is 12.2 Å². The molecule has 1 amide bonds. The Labute approximate surface area is 193 Å².